The molecule has 0 aliphatic carbocycles. The lowest BCUT2D eigenvalue weighted by Gasteiger charge is -2.20. The van der Waals surface area contributed by atoms with Crippen LogP contribution in [-0.4, -0.2) is 18.3 Å². The first-order valence-electron chi connectivity index (χ1n) is 8.99. The Morgan fingerprint density at radius 2 is 1.68 bits per heavy atom. The van der Waals surface area contributed by atoms with Gasteiger partial charge in [-0.25, -0.2) is 10.2 Å². The summed E-state index contributed by atoms with van der Waals surface area (Å²) in [6.45, 7) is 12.3. The van der Waals surface area contributed by atoms with Crippen LogP contribution in [0.15, 0.2) is 30.8 Å². The van der Waals surface area contributed by atoms with Crippen LogP contribution in [0.1, 0.15) is 65.4 Å². The lowest BCUT2D eigenvalue weighted by Crippen LogP contribution is -2.40. The second-order valence-corrected chi connectivity index (χ2v) is 7.02. The average Bonchev–Trinajstić information content (AvgIpc) is 2.55. The van der Waals surface area contributed by atoms with E-state index < -0.39 is 11.7 Å². The number of hydrogen-bond donors (Lipinski definition) is 2. The molecule has 0 radical (unpaired) electrons. The highest BCUT2D eigenvalue weighted by molar-refractivity contribution is 5.70. The summed E-state index contributed by atoms with van der Waals surface area (Å²) in [6, 6.07) is 7.61. The van der Waals surface area contributed by atoms with Crippen LogP contribution in [0.2, 0.25) is 0 Å². The first-order valence-corrected chi connectivity index (χ1v) is 8.99. The Bertz CT molecular complexity index is 533. The van der Waals surface area contributed by atoms with E-state index in [1.165, 1.54) is 25.7 Å². The van der Waals surface area contributed by atoms with Gasteiger partial charge in [-0.2, -0.15) is 0 Å². The van der Waals surface area contributed by atoms with Gasteiger partial charge in [0.15, 0.2) is 0 Å². The Balaban J connectivity index is 2.32. The molecule has 0 unspecified atom stereocenters. The number of hydrogen-bond acceptors (Lipinski definition) is 4. The van der Waals surface area contributed by atoms with E-state index in [9.17, 15) is 4.79 Å². The predicted molar refractivity (Wildman–Crippen MR) is 102 cm³/mol. The predicted octanol–water partition coefficient (Wildman–Crippen LogP) is 5.04. The highest BCUT2D eigenvalue weighted by Crippen LogP contribution is 2.16. The number of hydrazine groups is 1. The van der Waals surface area contributed by atoms with Gasteiger partial charge >= 0.3 is 6.09 Å². The van der Waals surface area contributed by atoms with Crippen molar-refractivity contribution in [3.05, 3.63) is 36.4 Å². The number of nitrogens with one attached hydrogen (secondary N) is 2. The summed E-state index contributed by atoms with van der Waals surface area (Å²) in [7, 11) is 0. The molecule has 1 rings (SSSR count). The average molecular weight is 348 g/mol. The molecule has 0 bridgehead atoms. The Morgan fingerprint density at radius 3 is 2.28 bits per heavy atom. The summed E-state index contributed by atoms with van der Waals surface area (Å²) in [5.74, 6) is 0.840. The standard InChI is InChI=1S/C20H32N2O3/c1-6-7-8-9-10-15-24-18-13-11-17(12-14-18)16(2)21-22-19(23)25-20(3,4)5/h11-14,21H,2,6-10,15H2,1,3-5H3,(H,22,23). The fraction of sp³-hybridized carbons (Fsp3) is 0.550. The lowest BCUT2D eigenvalue weighted by atomic mass is 10.1. The molecule has 5 nitrogen and oxygen atoms in total. The highest BCUT2D eigenvalue weighted by atomic mass is 16.6. The molecule has 0 saturated carbocycles. The molecule has 25 heavy (non-hydrogen) atoms. The van der Waals surface area contributed by atoms with E-state index in [0.717, 1.165) is 24.3 Å². The Hall–Kier alpha value is -2.17. The number of rotatable bonds is 10. The Morgan fingerprint density at radius 1 is 1.04 bits per heavy atom. The third kappa shape index (κ3) is 9.65. The number of unbranched alkanes of at least 4 members (excludes halogenated alkanes) is 4. The minimum atomic E-state index is -0.545. The van der Waals surface area contributed by atoms with Crippen molar-refractivity contribution in [1.82, 2.24) is 10.9 Å². The molecule has 1 aromatic rings. The van der Waals surface area contributed by atoms with Gasteiger partial charge in [0.1, 0.15) is 11.4 Å². The van der Waals surface area contributed by atoms with Crippen LogP contribution < -0.4 is 15.6 Å². The van der Waals surface area contributed by atoms with Gasteiger partial charge in [-0.15, -0.1) is 0 Å². The largest absolute Gasteiger partial charge is 0.494 e. The molecule has 0 aliphatic heterocycles. The first-order chi connectivity index (χ1) is 11.8. The topological polar surface area (TPSA) is 59.6 Å². The highest BCUT2D eigenvalue weighted by Gasteiger charge is 2.15. The SMILES string of the molecule is C=C(NNC(=O)OC(C)(C)C)c1ccc(OCCCCCCC)cc1. The van der Waals surface area contributed by atoms with Crippen molar-refractivity contribution in [3.8, 4) is 5.75 Å². The van der Waals surface area contributed by atoms with E-state index in [1.54, 1.807) is 0 Å². The fourth-order valence-electron chi connectivity index (χ4n) is 2.15. The van der Waals surface area contributed by atoms with Crippen molar-refractivity contribution in [3.63, 3.8) is 0 Å². The number of benzene rings is 1. The van der Waals surface area contributed by atoms with Gasteiger partial charge in [-0.1, -0.05) is 39.2 Å². The van der Waals surface area contributed by atoms with Gasteiger partial charge in [0.05, 0.1) is 12.3 Å². The van der Waals surface area contributed by atoms with Crippen molar-refractivity contribution in [1.29, 1.82) is 0 Å². The minimum Gasteiger partial charge on any atom is -0.494 e. The monoisotopic (exact) mass is 348 g/mol. The molecule has 5 heteroatoms. The van der Waals surface area contributed by atoms with Crippen LogP contribution in [0.25, 0.3) is 5.70 Å². The Kier molecular flexibility index (Phi) is 8.89. The van der Waals surface area contributed by atoms with Gasteiger partial charge in [-0.05, 0) is 57.0 Å². The van der Waals surface area contributed by atoms with Crippen LogP contribution in [0.5, 0.6) is 5.75 Å². The van der Waals surface area contributed by atoms with Crippen LogP contribution in [0, 0.1) is 0 Å². The molecular formula is C20H32N2O3. The zero-order chi connectivity index (χ0) is 18.7. The zero-order valence-electron chi connectivity index (χ0n) is 16.0. The maximum Gasteiger partial charge on any atom is 0.426 e. The maximum atomic E-state index is 11.6. The molecule has 0 fully saturated rings. The van der Waals surface area contributed by atoms with E-state index >= 15 is 0 Å². The van der Waals surface area contributed by atoms with E-state index in [0.29, 0.717) is 5.70 Å². The maximum absolute atomic E-state index is 11.6. The van der Waals surface area contributed by atoms with E-state index in [1.807, 2.05) is 45.0 Å². The molecular weight excluding hydrogens is 316 g/mol. The normalized spacial score (nSPS) is 10.9. The smallest absolute Gasteiger partial charge is 0.426 e. The minimum absolute atomic E-state index is 0.539. The van der Waals surface area contributed by atoms with Gasteiger partial charge < -0.3 is 9.47 Å². The summed E-state index contributed by atoms with van der Waals surface area (Å²) in [6.07, 6.45) is 5.56. The third-order valence-corrected chi connectivity index (χ3v) is 3.43. The molecule has 0 spiro atoms. The van der Waals surface area contributed by atoms with Gasteiger partial charge in [0.25, 0.3) is 0 Å². The van der Waals surface area contributed by atoms with Crippen LogP contribution in [-0.2, 0) is 4.74 Å². The fourth-order valence-corrected chi connectivity index (χ4v) is 2.15. The molecule has 0 atom stereocenters. The quantitative estimate of drug-likeness (QED) is 0.459. The van der Waals surface area contributed by atoms with E-state index in [4.69, 9.17) is 9.47 Å². The summed E-state index contributed by atoms with van der Waals surface area (Å²) in [5, 5.41) is 0. The van der Waals surface area contributed by atoms with Crippen LogP contribution in [0.4, 0.5) is 4.79 Å². The molecule has 0 heterocycles. The molecule has 0 aromatic heterocycles. The van der Waals surface area contributed by atoms with Crippen molar-refractivity contribution in [2.24, 2.45) is 0 Å². The lowest BCUT2D eigenvalue weighted by molar-refractivity contribution is 0.0511. The van der Waals surface area contributed by atoms with E-state index in [2.05, 4.69) is 24.4 Å². The molecule has 2 N–H and O–H groups in total. The number of carbonyl (C=O) groups is 1. The second-order valence-electron chi connectivity index (χ2n) is 7.02. The molecule has 0 aliphatic rings. The van der Waals surface area contributed by atoms with Gasteiger partial charge in [0.2, 0.25) is 0 Å². The van der Waals surface area contributed by atoms with Crippen molar-refractivity contribution >= 4 is 11.8 Å². The van der Waals surface area contributed by atoms with Gasteiger partial charge in [0, 0.05) is 0 Å². The van der Waals surface area contributed by atoms with Crippen molar-refractivity contribution in [2.45, 2.75) is 65.4 Å². The summed E-state index contributed by atoms with van der Waals surface area (Å²) >= 11 is 0. The summed E-state index contributed by atoms with van der Waals surface area (Å²) in [4.78, 5) is 11.6. The Labute approximate surface area is 151 Å². The van der Waals surface area contributed by atoms with Crippen LogP contribution in [0.3, 0.4) is 0 Å². The van der Waals surface area contributed by atoms with Gasteiger partial charge in [-0.3, -0.25) is 5.43 Å². The summed E-state index contributed by atoms with van der Waals surface area (Å²) < 4.78 is 10.9. The van der Waals surface area contributed by atoms with Crippen LogP contribution >= 0.6 is 0 Å². The number of amides is 1. The second kappa shape index (κ2) is 10.6. The molecule has 140 valence electrons. The molecule has 1 aromatic carbocycles. The first kappa shape index (κ1) is 20.9. The number of ether oxygens (including phenoxy) is 2. The van der Waals surface area contributed by atoms with E-state index in [-0.39, 0.29) is 0 Å². The zero-order valence-corrected chi connectivity index (χ0v) is 16.0. The summed E-state index contributed by atoms with van der Waals surface area (Å²) in [5.41, 5.74) is 6.13. The van der Waals surface area contributed by atoms with Crippen molar-refractivity contribution < 1.29 is 14.3 Å². The third-order valence-electron chi connectivity index (χ3n) is 3.43. The van der Waals surface area contributed by atoms with Crippen molar-refractivity contribution in [2.75, 3.05) is 6.61 Å². The number of carbonyl (C=O) groups excluding carboxylic acids is 1. The molecule has 1 amide bonds. The molecule has 0 saturated heterocycles.